The summed E-state index contributed by atoms with van der Waals surface area (Å²) in [6, 6.07) is 13.7. The predicted molar refractivity (Wildman–Crippen MR) is 89.9 cm³/mol. The van der Waals surface area contributed by atoms with E-state index in [9.17, 15) is 0 Å². The Bertz CT molecular complexity index is 751. The van der Waals surface area contributed by atoms with E-state index in [1.165, 1.54) is 0 Å². The second kappa shape index (κ2) is 6.36. The summed E-state index contributed by atoms with van der Waals surface area (Å²) in [5.74, 6) is 0.725. The molecular weight excluding hydrogens is 278 g/mol. The first kappa shape index (κ1) is 14.2. The van der Waals surface area contributed by atoms with Gasteiger partial charge >= 0.3 is 0 Å². The first-order valence-corrected chi connectivity index (χ1v) is 7.17. The van der Waals surface area contributed by atoms with Crippen LogP contribution in [0.5, 0.6) is 0 Å². The van der Waals surface area contributed by atoms with Gasteiger partial charge in [-0.1, -0.05) is 12.1 Å². The molecule has 0 saturated carbocycles. The third kappa shape index (κ3) is 3.29. The number of aliphatic hydroxyl groups is 1. The van der Waals surface area contributed by atoms with Crippen molar-refractivity contribution >= 4 is 28.4 Å². The first-order valence-electron chi connectivity index (χ1n) is 7.17. The third-order valence-corrected chi connectivity index (χ3v) is 3.36. The molecule has 0 saturated heterocycles. The normalized spacial score (nSPS) is 10.8. The zero-order valence-corrected chi connectivity index (χ0v) is 12.1. The number of nitrogens with zero attached hydrogens (tertiary/aromatic N) is 1. The Labute approximate surface area is 128 Å². The average molecular weight is 297 g/mol. The lowest BCUT2D eigenvalue weighted by molar-refractivity contribution is 0.311. The molecule has 1 aromatic heterocycles. The van der Waals surface area contributed by atoms with E-state index in [0.29, 0.717) is 18.8 Å². The number of aliphatic hydroxyl groups excluding tert-OH is 1. The van der Waals surface area contributed by atoms with Gasteiger partial charge in [0.25, 0.3) is 0 Å². The number of nitrogens with one attached hydrogen (secondary N) is 3. The lowest BCUT2D eigenvalue weighted by atomic mass is 10.2. The molecule has 0 radical (unpaired) electrons. The van der Waals surface area contributed by atoms with Crippen LogP contribution in [0.2, 0.25) is 0 Å². The number of benzene rings is 2. The van der Waals surface area contributed by atoms with Crippen molar-refractivity contribution in [3.05, 3.63) is 48.0 Å². The molecule has 0 bridgehead atoms. The fraction of sp³-hybridized carbons (Fsp3) is 0.188. The van der Waals surface area contributed by atoms with Gasteiger partial charge in [-0.25, -0.2) is 4.98 Å². The van der Waals surface area contributed by atoms with Crippen molar-refractivity contribution in [1.29, 1.82) is 0 Å². The van der Waals surface area contributed by atoms with Crippen LogP contribution in [0.15, 0.2) is 42.5 Å². The Balaban J connectivity index is 1.63. The SMILES string of the molecule is Nc1ccc2nc(NCc3ccc(NCCO)cc3)[nH]c2c1. The Kier molecular flexibility index (Phi) is 4.11. The lowest BCUT2D eigenvalue weighted by Gasteiger charge is -2.06. The Morgan fingerprint density at radius 3 is 2.68 bits per heavy atom. The molecule has 114 valence electrons. The summed E-state index contributed by atoms with van der Waals surface area (Å²) in [6.07, 6.45) is 0. The number of H-pyrrole nitrogens is 1. The van der Waals surface area contributed by atoms with Gasteiger partial charge in [0.15, 0.2) is 0 Å². The van der Waals surface area contributed by atoms with Gasteiger partial charge < -0.3 is 26.5 Å². The van der Waals surface area contributed by atoms with Gasteiger partial charge in [-0.2, -0.15) is 0 Å². The Morgan fingerprint density at radius 2 is 1.91 bits per heavy atom. The summed E-state index contributed by atoms with van der Waals surface area (Å²) >= 11 is 0. The number of aromatic amines is 1. The van der Waals surface area contributed by atoms with E-state index in [-0.39, 0.29) is 6.61 Å². The van der Waals surface area contributed by atoms with Crippen LogP contribution in [0.25, 0.3) is 11.0 Å². The minimum atomic E-state index is 0.125. The molecule has 3 rings (SSSR count). The smallest absolute Gasteiger partial charge is 0.201 e. The van der Waals surface area contributed by atoms with Crippen LogP contribution in [0, 0.1) is 0 Å². The van der Waals surface area contributed by atoms with Crippen LogP contribution in [-0.4, -0.2) is 28.2 Å². The average Bonchev–Trinajstić information content (AvgIpc) is 2.94. The van der Waals surface area contributed by atoms with Gasteiger partial charge in [0.2, 0.25) is 5.95 Å². The number of imidazole rings is 1. The highest BCUT2D eigenvalue weighted by Crippen LogP contribution is 2.18. The van der Waals surface area contributed by atoms with Gasteiger partial charge in [-0.05, 0) is 35.9 Å². The van der Waals surface area contributed by atoms with E-state index in [2.05, 4.69) is 20.6 Å². The summed E-state index contributed by atoms with van der Waals surface area (Å²) in [6.45, 7) is 1.36. The largest absolute Gasteiger partial charge is 0.399 e. The molecule has 22 heavy (non-hydrogen) atoms. The van der Waals surface area contributed by atoms with Crippen LogP contribution in [-0.2, 0) is 6.54 Å². The first-order chi connectivity index (χ1) is 10.7. The zero-order chi connectivity index (χ0) is 15.4. The number of fused-ring (bicyclic) bond motifs is 1. The molecule has 0 atom stereocenters. The summed E-state index contributed by atoms with van der Waals surface area (Å²) in [7, 11) is 0. The minimum absolute atomic E-state index is 0.125. The molecule has 0 unspecified atom stereocenters. The molecule has 6 N–H and O–H groups in total. The maximum atomic E-state index is 8.78. The number of hydrogen-bond donors (Lipinski definition) is 5. The Hall–Kier alpha value is -2.73. The number of nitrogen functional groups attached to an aromatic ring is 1. The quantitative estimate of drug-likeness (QED) is 0.449. The van der Waals surface area contributed by atoms with Gasteiger partial charge in [-0.3, -0.25) is 0 Å². The van der Waals surface area contributed by atoms with Crippen LogP contribution in [0.1, 0.15) is 5.56 Å². The number of nitrogens with two attached hydrogens (primary N) is 1. The summed E-state index contributed by atoms with van der Waals surface area (Å²) in [5.41, 5.74) is 10.4. The van der Waals surface area contributed by atoms with Crippen LogP contribution < -0.4 is 16.4 Å². The predicted octanol–water partition coefficient (Wildman–Crippen LogP) is 2.16. The highest BCUT2D eigenvalue weighted by Gasteiger charge is 2.02. The molecular formula is C16H19N5O. The molecule has 0 aliphatic heterocycles. The molecule has 1 heterocycles. The van der Waals surface area contributed by atoms with E-state index in [1.807, 2.05) is 42.5 Å². The van der Waals surface area contributed by atoms with Crippen LogP contribution >= 0.6 is 0 Å². The highest BCUT2D eigenvalue weighted by atomic mass is 16.3. The molecule has 0 amide bonds. The van der Waals surface area contributed by atoms with Crippen LogP contribution in [0.3, 0.4) is 0 Å². The molecule has 0 aliphatic carbocycles. The molecule has 0 spiro atoms. The van der Waals surface area contributed by atoms with Gasteiger partial charge in [0, 0.05) is 24.5 Å². The van der Waals surface area contributed by atoms with E-state index >= 15 is 0 Å². The van der Waals surface area contributed by atoms with Crippen molar-refractivity contribution in [1.82, 2.24) is 9.97 Å². The second-order valence-electron chi connectivity index (χ2n) is 5.06. The summed E-state index contributed by atoms with van der Waals surface area (Å²) in [5, 5.41) is 15.2. The fourth-order valence-electron chi connectivity index (χ4n) is 2.24. The van der Waals surface area contributed by atoms with Crippen molar-refractivity contribution in [3.63, 3.8) is 0 Å². The number of aromatic nitrogens is 2. The molecule has 0 aliphatic rings. The van der Waals surface area contributed by atoms with Crippen LogP contribution in [0.4, 0.5) is 17.3 Å². The second-order valence-corrected chi connectivity index (χ2v) is 5.06. The van der Waals surface area contributed by atoms with E-state index in [0.717, 1.165) is 28.2 Å². The van der Waals surface area contributed by atoms with E-state index in [4.69, 9.17) is 10.8 Å². The molecule has 6 heteroatoms. The summed E-state index contributed by atoms with van der Waals surface area (Å²) < 4.78 is 0. The molecule has 0 fully saturated rings. The van der Waals surface area contributed by atoms with Crippen molar-refractivity contribution < 1.29 is 5.11 Å². The van der Waals surface area contributed by atoms with Crippen molar-refractivity contribution in [2.75, 3.05) is 29.5 Å². The van der Waals surface area contributed by atoms with E-state index in [1.54, 1.807) is 0 Å². The van der Waals surface area contributed by atoms with Crippen molar-refractivity contribution in [3.8, 4) is 0 Å². The molecule has 2 aromatic carbocycles. The van der Waals surface area contributed by atoms with Gasteiger partial charge in [-0.15, -0.1) is 0 Å². The minimum Gasteiger partial charge on any atom is -0.399 e. The number of hydrogen-bond acceptors (Lipinski definition) is 5. The fourth-order valence-corrected chi connectivity index (χ4v) is 2.24. The van der Waals surface area contributed by atoms with Gasteiger partial charge in [0.1, 0.15) is 0 Å². The Morgan fingerprint density at radius 1 is 1.09 bits per heavy atom. The van der Waals surface area contributed by atoms with Gasteiger partial charge in [0.05, 0.1) is 17.6 Å². The zero-order valence-electron chi connectivity index (χ0n) is 12.1. The maximum Gasteiger partial charge on any atom is 0.201 e. The monoisotopic (exact) mass is 297 g/mol. The number of anilines is 3. The van der Waals surface area contributed by atoms with Crippen molar-refractivity contribution in [2.45, 2.75) is 6.54 Å². The summed E-state index contributed by atoms with van der Waals surface area (Å²) in [4.78, 5) is 7.67. The van der Waals surface area contributed by atoms with Crippen molar-refractivity contribution in [2.24, 2.45) is 0 Å². The molecule has 6 nitrogen and oxygen atoms in total. The molecule has 3 aromatic rings. The van der Waals surface area contributed by atoms with E-state index < -0.39 is 0 Å². The highest BCUT2D eigenvalue weighted by molar-refractivity contribution is 5.80. The third-order valence-electron chi connectivity index (χ3n) is 3.36. The topological polar surface area (TPSA) is 99.0 Å². The maximum absolute atomic E-state index is 8.78. The lowest BCUT2D eigenvalue weighted by Crippen LogP contribution is -2.05. The standard InChI is InChI=1S/C16H19N5O/c17-12-3-6-14-15(9-12)21-16(20-14)19-10-11-1-4-13(5-2-11)18-7-8-22/h1-6,9,18,22H,7-8,10,17H2,(H2,19,20,21). The number of rotatable bonds is 6.